The monoisotopic (exact) mass is 521 g/mol. The van der Waals surface area contributed by atoms with Crippen molar-refractivity contribution in [2.75, 3.05) is 12.0 Å². The molecule has 1 aromatic carbocycles. The molecule has 1 unspecified atom stereocenters. The summed E-state index contributed by atoms with van der Waals surface area (Å²) in [5, 5.41) is 0.556. The highest BCUT2D eigenvalue weighted by Crippen LogP contribution is 2.43. The minimum absolute atomic E-state index is 0.144. The molecule has 0 N–H and O–H groups in total. The predicted molar refractivity (Wildman–Crippen MR) is 139 cm³/mol. The number of amides is 1. The maximum atomic E-state index is 15.0. The summed E-state index contributed by atoms with van der Waals surface area (Å²) in [7, 11) is 3.10. The average Bonchev–Trinajstić information content (AvgIpc) is 3.38. The number of carbonyl (C=O) groups excluding carboxylic acids is 1. The third kappa shape index (κ3) is 4.09. The number of rotatable bonds is 6. The van der Waals surface area contributed by atoms with Crippen molar-refractivity contribution in [3.8, 4) is 17.3 Å². The molecule has 0 aliphatic carbocycles. The summed E-state index contributed by atoms with van der Waals surface area (Å²) in [6, 6.07) is 9.75. The van der Waals surface area contributed by atoms with Gasteiger partial charge in [-0.3, -0.25) is 14.5 Å². The Morgan fingerprint density at radius 1 is 1.16 bits per heavy atom. The molecular formula is C27H25ClFN5O3. The molecular weight excluding hydrogens is 497 g/mol. The highest BCUT2D eigenvalue weighted by molar-refractivity contribution is 6.30. The number of hydrogen-bond donors (Lipinski definition) is 0. The summed E-state index contributed by atoms with van der Waals surface area (Å²) in [6.07, 6.45) is 3.42. The molecule has 1 amide bonds. The van der Waals surface area contributed by atoms with Gasteiger partial charge in [0.25, 0.3) is 11.5 Å². The fraction of sp³-hybridized carbons (Fsp3) is 0.259. The van der Waals surface area contributed by atoms with Crippen molar-refractivity contribution in [2.45, 2.75) is 32.9 Å². The van der Waals surface area contributed by atoms with Crippen molar-refractivity contribution < 1.29 is 13.9 Å². The van der Waals surface area contributed by atoms with Crippen LogP contribution in [0.5, 0.6) is 5.88 Å². The first kappa shape index (κ1) is 24.7. The number of fused-ring (bicyclic) bond motifs is 1. The molecule has 0 saturated heterocycles. The quantitative estimate of drug-likeness (QED) is 0.360. The first-order chi connectivity index (χ1) is 17.7. The molecule has 8 nitrogen and oxygen atoms in total. The number of hydrogen-bond acceptors (Lipinski definition) is 5. The zero-order valence-electron chi connectivity index (χ0n) is 20.8. The fourth-order valence-corrected chi connectivity index (χ4v) is 4.92. The molecule has 4 aromatic rings. The topological polar surface area (TPSA) is 82.2 Å². The second-order valence-corrected chi connectivity index (χ2v) is 9.39. The van der Waals surface area contributed by atoms with E-state index in [4.69, 9.17) is 21.3 Å². The van der Waals surface area contributed by atoms with Crippen LogP contribution in [-0.4, -0.2) is 32.1 Å². The van der Waals surface area contributed by atoms with E-state index in [0.29, 0.717) is 46.5 Å². The summed E-state index contributed by atoms with van der Waals surface area (Å²) >= 11 is 6.16. The molecule has 3 aromatic heterocycles. The highest BCUT2D eigenvalue weighted by atomic mass is 35.5. The van der Waals surface area contributed by atoms with Crippen molar-refractivity contribution in [1.29, 1.82) is 0 Å². The van der Waals surface area contributed by atoms with E-state index in [2.05, 4.69) is 4.98 Å². The number of carbonyl (C=O) groups is 1. The number of halogens is 2. The van der Waals surface area contributed by atoms with Crippen LogP contribution in [0, 0.1) is 12.7 Å². The van der Waals surface area contributed by atoms with Gasteiger partial charge in [-0.1, -0.05) is 30.7 Å². The standard InChI is InChI=1S/C27H25ClFN5O3/c1-5-10-33-24-22(31-25(33)19-12-21(37-4)30-13-20(19)29)23(16-6-8-17(28)9-7-16)34(27(24)36)18-11-15(2)26(35)32(3)14-18/h6-9,11-14,23H,5,10H2,1-4H3. The van der Waals surface area contributed by atoms with Crippen molar-refractivity contribution in [3.63, 3.8) is 0 Å². The first-order valence-corrected chi connectivity index (χ1v) is 12.2. The molecule has 0 radical (unpaired) electrons. The molecule has 1 aliphatic heterocycles. The molecule has 1 atom stereocenters. The Morgan fingerprint density at radius 2 is 1.89 bits per heavy atom. The van der Waals surface area contributed by atoms with Crippen LogP contribution in [0.1, 0.15) is 46.7 Å². The lowest BCUT2D eigenvalue weighted by Crippen LogP contribution is -2.32. The van der Waals surface area contributed by atoms with E-state index in [9.17, 15) is 14.0 Å². The van der Waals surface area contributed by atoms with Gasteiger partial charge in [0.2, 0.25) is 5.88 Å². The maximum absolute atomic E-state index is 15.0. The van der Waals surface area contributed by atoms with Crippen LogP contribution in [0.3, 0.4) is 0 Å². The van der Waals surface area contributed by atoms with Crippen LogP contribution in [0.2, 0.25) is 5.02 Å². The number of aryl methyl sites for hydroxylation is 2. The van der Waals surface area contributed by atoms with Gasteiger partial charge in [0.15, 0.2) is 5.82 Å². The molecule has 1 aliphatic rings. The highest BCUT2D eigenvalue weighted by Gasteiger charge is 2.44. The van der Waals surface area contributed by atoms with Crippen LogP contribution >= 0.6 is 11.6 Å². The normalized spacial score (nSPS) is 14.8. The molecule has 5 rings (SSSR count). The maximum Gasteiger partial charge on any atom is 0.277 e. The molecule has 4 heterocycles. The summed E-state index contributed by atoms with van der Waals surface area (Å²) < 4.78 is 23.4. The summed E-state index contributed by atoms with van der Waals surface area (Å²) in [4.78, 5) is 36.9. The van der Waals surface area contributed by atoms with Gasteiger partial charge in [0.1, 0.15) is 17.6 Å². The minimum Gasteiger partial charge on any atom is -0.481 e. The Bertz CT molecular complexity index is 1550. The number of pyridine rings is 2. The lowest BCUT2D eigenvalue weighted by atomic mass is 10.0. The Kier molecular flexibility index (Phi) is 6.33. The Hall–Kier alpha value is -3.98. The van der Waals surface area contributed by atoms with Gasteiger partial charge in [-0.25, -0.2) is 14.4 Å². The smallest absolute Gasteiger partial charge is 0.277 e. The average molecular weight is 522 g/mol. The number of imidazole rings is 1. The van der Waals surface area contributed by atoms with Crippen LogP contribution < -0.4 is 15.2 Å². The van der Waals surface area contributed by atoms with Gasteiger partial charge in [-0.05, 0) is 37.1 Å². The number of benzene rings is 1. The second kappa shape index (κ2) is 9.48. The van der Waals surface area contributed by atoms with Gasteiger partial charge in [-0.15, -0.1) is 0 Å². The Morgan fingerprint density at radius 3 is 2.54 bits per heavy atom. The van der Waals surface area contributed by atoms with E-state index in [-0.39, 0.29) is 22.9 Å². The number of nitrogens with zero attached hydrogens (tertiary/aromatic N) is 5. The van der Waals surface area contributed by atoms with Crippen molar-refractivity contribution in [3.05, 3.63) is 92.5 Å². The fourth-order valence-electron chi connectivity index (χ4n) is 4.80. The van der Waals surface area contributed by atoms with Gasteiger partial charge in [0, 0.05) is 36.4 Å². The van der Waals surface area contributed by atoms with Crippen LogP contribution in [0.4, 0.5) is 10.1 Å². The molecule has 0 bridgehead atoms. The predicted octanol–water partition coefficient (Wildman–Crippen LogP) is 4.91. The van der Waals surface area contributed by atoms with Gasteiger partial charge < -0.3 is 13.9 Å². The number of aromatic nitrogens is 4. The molecule has 0 saturated carbocycles. The van der Waals surface area contributed by atoms with Gasteiger partial charge in [-0.2, -0.15) is 0 Å². The second-order valence-electron chi connectivity index (χ2n) is 8.95. The molecule has 10 heteroatoms. The zero-order chi connectivity index (χ0) is 26.4. The molecule has 37 heavy (non-hydrogen) atoms. The summed E-state index contributed by atoms with van der Waals surface area (Å²) in [6.45, 7) is 4.13. The van der Waals surface area contributed by atoms with Crippen LogP contribution in [0.15, 0.2) is 53.6 Å². The Balaban J connectivity index is 1.77. The largest absolute Gasteiger partial charge is 0.481 e. The summed E-state index contributed by atoms with van der Waals surface area (Å²) in [5.74, 6) is -0.288. The van der Waals surface area contributed by atoms with E-state index >= 15 is 0 Å². The first-order valence-electron chi connectivity index (χ1n) is 11.8. The summed E-state index contributed by atoms with van der Waals surface area (Å²) in [5.41, 5.74) is 2.77. The lowest BCUT2D eigenvalue weighted by Gasteiger charge is -2.26. The number of methoxy groups -OCH3 is 1. The zero-order valence-corrected chi connectivity index (χ0v) is 21.6. The molecule has 0 fully saturated rings. The number of ether oxygens (including phenoxy) is 1. The third-order valence-corrected chi connectivity index (χ3v) is 6.72. The van der Waals surface area contributed by atoms with E-state index < -0.39 is 11.9 Å². The van der Waals surface area contributed by atoms with E-state index in [0.717, 1.165) is 11.8 Å². The van der Waals surface area contributed by atoms with E-state index in [1.165, 1.54) is 17.7 Å². The van der Waals surface area contributed by atoms with E-state index in [1.807, 2.05) is 19.1 Å². The van der Waals surface area contributed by atoms with Crippen LogP contribution in [-0.2, 0) is 13.6 Å². The third-order valence-electron chi connectivity index (χ3n) is 6.47. The minimum atomic E-state index is -0.611. The van der Waals surface area contributed by atoms with Gasteiger partial charge in [0.05, 0.1) is 30.3 Å². The SMILES string of the molecule is CCCn1c(-c2cc(OC)ncc2F)nc2c1C(=O)N(c1cc(C)c(=O)n(C)c1)C2c1ccc(Cl)cc1. The lowest BCUT2D eigenvalue weighted by molar-refractivity contribution is 0.0985. The van der Waals surface area contributed by atoms with Crippen molar-refractivity contribution >= 4 is 23.2 Å². The molecule has 0 spiro atoms. The van der Waals surface area contributed by atoms with Crippen LogP contribution in [0.25, 0.3) is 11.4 Å². The number of anilines is 1. The van der Waals surface area contributed by atoms with Crippen molar-refractivity contribution in [2.24, 2.45) is 7.05 Å². The van der Waals surface area contributed by atoms with E-state index in [1.54, 1.807) is 47.8 Å². The Labute approximate surface area is 217 Å². The van der Waals surface area contributed by atoms with Crippen molar-refractivity contribution in [1.82, 2.24) is 19.1 Å². The molecule has 190 valence electrons. The van der Waals surface area contributed by atoms with Gasteiger partial charge >= 0.3 is 0 Å².